The van der Waals surface area contributed by atoms with Crippen LogP contribution in [0.1, 0.15) is 24.2 Å². The van der Waals surface area contributed by atoms with Crippen molar-refractivity contribution in [2.45, 2.75) is 13.8 Å². The molecule has 118 valence electrons. The highest BCUT2D eigenvalue weighted by Gasteiger charge is 2.21. The summed E-state index contributed by atoms with van der Waals surface area (Å²) in [5.41, 5.74) is 5.30. The first-order chi connectivity index (χ1) is 9.49. The van der Waals surface area contributed by atoms with Crippen LogP contribution in [0.5, 0.6) is 0 Å². The molecule has 0 aromatic heterocycles. The zero-order valence-electron chi connectivity index (χ0n) is 12.1. The van der Waals surface area contributed by atoms with Crippen molar-refractivity contribution < 1.29 is 14.5 Å². The maximum Gasteiger partial charge on any atom is 0.345 e. The molecule has 2 N–H and O–H groups in total. The third kappa shape index (κ3) is 5.57. The molecule has 8 heteroatoms. The van der Waals surface area contributed by atoms with Gasteiger partial charge in [0.25, 0.3) is 5.69 Å². The van der Waals surface area contributed by atoms with E-state index in [4.69, 9.17) is 10.5 Å². The van der Waals surface area contributed by atoms with E-state index in [0.717, 1.165) is 19.2 Å². The molecule has 1 rings (SSSR count). The molecule has 7 nitrogen and oxygen atoms in total. The Kier molecular flexibility index (Phi) is 8.34. The van der Waals surface area contributed by atoms with Crippen molar-refractivity contribution in [3.8, 4) is 0 Å². The van der Waals surface area contributed by atoms with Crippen LogP contribution in [-0.4, -0.2) is 42.0 Å². The van der Waals surface area contributed by atoms with Crippen molar-refractivity contribution in [1.29, 1.82) is 0 Å². The number of rotatable bonds is 7. The molecule has 0 aliphatic rings. The summed E-state index contributed by atoms with van der Waals surface area (Å²) in [5.74, 6) is -0.705. The quantitative estimate of drug-likeness (QED) is 0.358. The zero-order valence-corrected chi connectivity index (χ0v) is 12.9. The van der Waals surface area contributed by atoms with Crippen LogP contribution < -0.4 is 5.73 Å². The molecule has 0 unspecified atom stereocenters. The van der Waals surface area contributed by atoms with Crippen molar-refractivity contribution >= 4 is 29.8 Å². The Hall–Kier alpha value is -1.86. The predicted molar refractivity (Wildman–Crippen MR) is 82.8 cm³/mol. The van der Waals surface area contributed by atoms with E-state index >= 15 is 0 Å². The molecule has 0 fully saturated rings. The van der Waals surface area contributed by atoms with Crippen LogP contribution in [0, 0.1) is 10.1 Å². The summed E-state index contributed by atoms with van der Waals surface area (Å²) < 4.78 is 5.07. The largest absolute Gasteiger partial charge is 0.461 e. The van der Waals surface area contributed by atoms with Crippen LogP contribution in [-0.2, 0) is 4.74 Å². The summed E-state index contributed by atoms with van der Waals surface area (Å²) in [4.78, 5) is 24.2. The summed E-state index contributed by atoms with van der Waals surface area (Å²) >= 11 is 0. The SMILES string of the molecule is CCN(CC)CCOC(=O)c1ccc(N)cc1[N+](=O)[O-].Cl. The second kappa shape index (κ2) is 9.15. The van der Waals surface area contributed by atoms with Gasteiger partial charge in [0, 0.05) is 18.3 Å². The maximum atomic E-state index is 11.9. The molecule has 1 aromatic carbocycles. The summed E-state index contributed by atoms with van der Waals surface area (Å²) in [7, 11) is 0. The lowest BCUT2D eigenvalue weighted by Crippen LogP contribution is -2.28. The van der Waals surface area contributed by atoms with Crippen molar-refractivity contribution in [1.82, 2.24) is 4.90 Å². The van der Waals surface area contributed by atoms with Crippen LogP contribution in [0.4, 0.5) is 11.4 Å². The van der Waals surface area contributed by atoms with Gasteiger partial charge in [0.05, 0.1) is 4.92 Å². The normalized spacial score (nSPS) is 10.0. The number of ether oxygens (including phenoxy) is 1. The Morgan fingerprint density at radius 2 is 2.00 bits per heavy atom. The number of nitrogens with two attached hydrogens (primary N) is 1. The van der Waals surface area contributed by atoms with Crippen LogP contribution in [0.2, 0.25) is 0 Å². The molecule has 21 heavy (non-hydrogen) atoms. The van der Waals surface area contributed by atoms with E-state index in [1.807, 2.05) is 13.8 Å². The lowest BCUT2D eigenvalue weighted by molar-refractivity contribution is -0.385. The molecular weight excluding hydrogens is 298 g/mol. The number of likely N-dealkylation sites (N-methyl/N-ethyl adjacent to an activating group) is 1. The van der Waals surface area contributed by atoms with E-state index in [1.165, 1.54) is 12.1 Å². The van der Waals surface area contributed by atoms with E-state index in [1.54, 1.807) is 0 Å². The number of nitrogens with zero attached hydrogens (tertiary/aromatic N) is 2. The Morgan fingerprint density at radius 3 is 2.52 bits per heavy atom. The number of anilines is 1. The fourth-order valence-electron chi connectivity index (χ4n) is 1.76. The molecule has 0 atom stereocenters. The molecule has 0 heterocycles. The van der Waals surface area contributed by atoms with Crippen molar-refractivity contribution in [3.05, 3.63) is 33.9 Å². The number of hydrogen-bond acceptors (Lipinski definition) is 6. The average molecular weight is 318 g/mol. The van der Waals surface area contributed by atoms with E-state index < -0.39 is 10.9 Å². The highest BCUT2D eigenvalue weighted by molar-refractivity contribution is 5.94. The van der Waals surface area contributed by atoms with Crippen molar-refractivity contribution in [2.75, 3.05) is 32.0 Å². The van der Waals surface area contributed by atoms with E-state index in [9.17, 15) is 14.9 Å². The van der Waals surface area contributed by atoms with Crippen molar-refractivity contribution in [3.63, 3.8) is 0 Å². The minimum absolute atomic E-state index is 0. The van der Waals surface area contributed by atoms with Gasteiger partial charge in [0.2, 0.25) is 0 Å². The maximum absolute atomic E-state index is 11.9. The van der Waals surface area contributed by atoms with Gasteiger partial charge in [-0.15, -0.1) is 12.4 Å². The van der Waals surface area contributed by atoms with Gasteiger partial charge in [-0.1, -0.05) is 13.8 Å². The van der Waals surface area contributed by atoms with Gasteiger partial charge >= 0.3 is 5.97 Å². The van der Waals surface area contributed by atoms with Gasteiger partial charge in [-0.05, 0) is 25.2 Å². The number of carbonyl (C=O) groups is 1. The topological polar surface area (TPSA) is 98.7 Å². The Morgan fingerprint density at radius 1 is 1.38 bits per heavy atom. The van der Waals surface area contributed by atoms with Crippen LogP contribution in [0.15, 0.2) is 18.2 Å². The summed E-state index contributed by atoms with van der Waals surface area (Å²) in [6.45, 7) is 6.53. The van der Waals surface area contributed by atoms with Crippen LogP contribution >= 0.6 is 12.4 Å². The second-order valence-corrected chi connectivity index (χ2v) is 4.20. The first-order valence-corrected chi connectivity index (χ1v) is 6.43. The number of esters is 1. The van der Waals surface area contributed by atoms with Gasteiger partial charge in [-0.2, -0.15) is 0 Å². The van der Waals surface area contributed by atoms with Crippen molar-refractivity contribution in [2.24, 2.45) is 0 Å². The predicted octanol–water partition coefficient (Wildman–Crippen LogP) is 2.10. The standard InChI is InChI=1S/C13H19N3O4.ClH/c1-3-15(4-2)7-8-20-13(17)11-6-5-10(14)9-12(11)16(18)19;/h5-6,9H,3-4,7-8,14H2,1-2H3;1H. The first kappa shape index (κ1) is 19.1. The summed E-state index contributed by atoms with van der Waals surface area (Å²) in [6.07, 6.45) is 0. The number of nitro groups is 1. The molecule has 0 bridgehead atoms. The average Bonchev–Trinajstić information content (AvgIpc) is 2.43. The van der Waals surface area contributed by atoms with Gasteiger partial charge in [-0.3, -0.25) is 10.1 Å². The molecule has 0 spiro atoms. The highest BCUT2D eigenvalue weighted by atomic mass is 35.5. The Balaban J connectivity index is 0.00000400. The van der Waals surface area contributed by atoms with E-state index in [2.05, 4.69) is 4.90 Å². The fourth-order valence-corrected chi connectivity index (χ4v) is 1.76. The molecule has 0 saturated heterocycles. The monoisotopic (exact) mass is 317 g/mol. The number of nitro benzene ring substituents is 1. The molecule has 0 radical (unpaired) electrons. The van der Waals surface area contributed by atoms with Crippen LogP contribution in [0.3, 0.4) is 0 Å². The molecule has 0 aliphatic carbocycles. The first-order valence-electron chi connectivity index (χ1n) is 6.43. The minimum atomic E-state index is -0.705. The summed E-state index contributed by atoms with van der Waals surface area (Å²) in [6, 6.07) is 3.90. The zero-order chi connectivity index (χ0) is 15.1. The van der Waals surface area contributed by atoms with Gasteiger partial charge in [0.15, 0.2) is 0 Å². The molecule has 0 amide bonds. The number of benzene rings is 1. The van der Waals surface area contributed by atoms with E-state index in [-0.39, 0.29) is 36.0 Å². The van der Waals surface area contributed by atoms with Crippen LogP contribution in [0.25, 0.3) is 0 Å². The lowest BCUT2D eigenvalue weighted by atomic mass is 10.1. The second-order valence-electron chi connectivity index (χ2n) is 4.20. The van der Waals surface area contributed by atoms with Gasteiger partial charge in [0.1, 0.15) is 12.2 Å². The molecular formula is C13H20ClN3O4. The number of halogens is 1. The Labute approximate surface area is 129 Å². The van der Waals surface area contributed by atoms with Gasteiger partial charge in [-0.25, -0.2) is 4.79 Å². The molecule has 0 saturated carbocycles. The lowest BCUT2D eigenvalue weighted by Gasteiger charge is -2.17. The highest BCUT2D eigenvalue weighted by Crippen LogP contribution is 2.22. The smallest absolute Gasteiger partial charge is 0.345 e. The number of carbonyl (C=O) groups excluding carboxylic acids is 1. The number of nitrogen functional groups attached to an aromatic ring is 1. The number of hydrogen-bond donors (Lipinski definition) is 1. The molecule has 1 aromatic rings. The minimum Gasteiger partial charge on any atom is -0.461 e. The van der Waals surface area contributed by atoms with E-state index in [0.29, 0.717) is 6.54 Å². The third-order valence-electron chi connectivity index (χ3n) is 2.97. The Bertz CT molecular complexity index is 492. The molecule has 0 aliphatic heterocycles. The summed E-state index contributed by atoms with van der Waals surface area (Å²) in [5, 5.41) is 10.9. The van der Waals surface area contributed by atoms with Gasteiger partial charge < -0.3 is 15.4 Å². The fraction of sp³-hybridized carbons (Fsp3) is 0.462. The third-order valence-corrected chi connectivity index (χ3v) is 2.97.